The fourth-order valence-corrected chi connectivity index (χ4v) is 4.17. The summed E-state index contributed by atoms with van der Waals surface area (Å²) in [5.41, 5.74) is 1.60. The predicted molar refractivity (Wildman–Crippen MR) is 85.0 cm³/mol. The first kappa shape index (κ1) is 14.7. The Balaban J connectivity index is 1.83. The highest BCUT2D eigenvalue weighted by Gasteiger charge is 2.18. The molecule has 1 aromatic carbocycles. The number of Topliss-reactive ketones (excluding diaryl/α,β-unsaturated/α-hetero) is 1. The van der Waals surface area contributed by atoms with Crippen LogP contribution >= 0.6 is 22.9 Å². The summed E-state index contributed by atoms with van der Waals surface area (Å²) < 4.78 is 13.8. The Hall–Kier alpha value is -1.19. The van der Waals surface area contributed by atoms with Gasteiger partial charge in [0.05, 0.1) is 4.88 Å². The average molecular weight is 323 g/mol. The first-order valence-corrected chi connectivity index (χ1v) is 8.42. The number of halogens is 2. The first-order chi connectivity index (χ1) is 10.1. The highest BCUT2D eigenvalue weighted by molar-refractivity contribution is 7.14. The molecule has 0 aliphatic heterocycles. The van der Waals surface area contributed by atoms with Gasteiger partial charge in [-0.1, -0.05) is 24.1 Å². The van der Waals surface area contributed by atoms with E-state index in [4.69, 9.17) is 11.6 Å². The van der Waals surface area contributed by atoms with Gasteiger partial charge in [0.2, 0.25) is 0 Å². The Morgan fingerprint density at radius 3 is 2.86 bits per heavy atom. The molecule has 0 radical (unpaired) electrons. The predicted octanol–water partition coefficient (Wildman–Crippen LogP) is 5.23. The van der Waals surface area contributed by atoms with Crippen LogP contribution in [0.1, 0.15) is 44.9 Å². The highest BCUT2D eigenvalue weighted by atomic mass is 35.5. The Labute approximate surface area is 132 Å². The molecule has 0 fully saturated rings. The molecule has 1 aliphatic carbocycles. The van der Waals surface area contributed by atoms with Crippen molar-refractivity contribution in [3.05, 3.63) is 56.0 Å². The molecule has 2 aromatic rings. The van der Waals surface area contributed by atoms with Crippen LogP contribution in [0, 0.1) is 5.82 Å². The van der Waals surface area contributed by atoms with Gasteiger partial charge < -0.3 is 0 Å². The number of benzene rings is 1. The second kappa shape index (κ2) is 6.29. The van der Waals surface area contributed by atoms with Gasteiger partial charge in [0.25, 0.3) is 0 Å². The highest BCUT2D eigenvalue weighted by Crippen LogP contribution is 2.30. The molecule has 21 heavy (non-hydrogen) atoms. The number of thiophene rings is 1. The standard InChI is InChI=1S/C17H16ClFOS/c18-13-6-4-7-14(19)12(13)10-15(20)17-9-11-5-2-1-3-8-16(11)21-17/h4,6-7,9H,1-3,5,8,10H2. The third-order valence-electron chi connectivity index (χ3n) is 3.92. The quantitative estimate of drug-likeness (QED) is 0.558. The maximum absolute atomic E-state index is 13.8. The summed E-state index contributed by atoms with van der Waals surface area (Å²) in [5, 5.41) is 0.321. The second-order valence-electron chi connectivity index (χ2n) is 5.42. The van der Waals surface area contributed by atoms with Gasteiger partial charge in [-0.15, -0.1) is 11.3 Å². The number of hydrogen-bond acceptors (Lipinski definition) is 2. The van der Waals surface area contributed by atoms with Crippen molar-refractivity contribution in [2.75, 3.05) is 0 Å². The van der Waals surface area contributed by atoms with Gasteiger partial charge in [-0.3, -0.25) is 4.79 Å². The van der Waals surface area contributed by atoms with Crippen molar-refractivity contribution in [2.24, 2.45) is 0 Å². The normalized spacial score (nSPS) is 14.6. The van der Waals surface area contributed by atoms with Gasteiger partial charge >= 0.3 is 0 Å². The number of carbonyl (C=O) groups is 1. The van der Waals surface area contributed by atoms with Crippen molar-refractivity contribution in [3.63, 3.8) is 0 Å². The zero-order valence-corrected chi connectivity index (χ0v) is 13.2. The molecular formula is C17H16ClFOS. The third-order valence-corrected chi connectivity index (χ3v) is 5.55. The van der Waals surface area contributed by atoms with Crippen molar-refractivity contribution >= 4 is 28.7 Å². The molecule has 0 amide bonds. The van der Waals surface area contributed by atoms with Gasteiger partial charge in [-0.2, -0.15) is 0 Å². The number of rotatable bonds is 3. The van der Waals surface area contributed by atoms with E-state index >= 15 is 0 Å². The molecule has 4 heteroatoms. The van der Waals surface area contributed by atoms with E-state index in [9.17, 15) is 9.18 Å². The maximum atomic E-state index is 13.8. The van der Waals surface area contributed by atoms with E-state index in [2.05, 4.69) is 0 Å². The van der Waals surface area contributed by atoms with Crippen molar-refractivity contribution < 1.29 is 9.18 Å². The van der Waals surface area contributed by atoms with Crippen LogP contribution in [0.5, 0.6) is 0 Å². The smallest absolute Gasteiger partial charge is 0.177 e. The fourth-order valence-electron chi connectivity index (χ4n) is 2.75. The summed E-state index contributed by atoms with van der Waals surface area (Å²) in [6, 6.07) is 6.52. The lowest BCUT2D eigenvalue weighted by Gasteiger charge is -2.04. The average Bonchev–Trinajstić information content (AvgIpc) is 2.74. The summed E-state index contributed by atoms with van der Waals surface area (Å²) in [4.78, 5) is 14.5. The summed E-state index contributed by atoms with van der Waals surface area (Å²) in [6.07, 6.45) is 5.80. The molecular weight excluding hydrogens is 307 g/mol. The second-order valence-corrected chi connectivity index (χ2v) is 6.96. The SMILES string of the molecule is O=C(Cc1c(F)cccc1Cl)c1cc2c(s1)CCCCC2. The van der Waals surface area contributed by atoms with Crippen LogP contribution in [0.2, 0.25) is 5.02 Å². The van der Waals surface area contributed by atoms with E-state index < -0.39 is 5.82 Å². The molecule has 0 atom stereocenters. The summed E-state index contributed by atoms with van der Waals surface area (Å²) in [6.45, 7) is 0. The number of fused-ring (bicyclic) bond motifs is 1. The number of hydrogen-bond donors (Lipinski definition) is 0. The summed E-state index contributed by atoms with van der Waals surface area (Å²) in [7, 11) is 0. The molecule has 0 unspecified atom stereocenters. The zero-order valence-electron chi connectivity index (χ0n) is 11.6. The lowest BCUT2D eigenvalue weighted by Crippen LogP contribution is -2.04. The number of ketones is 1. The lowest BCUT2D eigenvalue weighted by atomic mass is 10.1. The van der Waals surface area contributed by atoms with Crippen molar-refractivity contribution in [1.82, 2.24) is 0 Å². The first-order valence-electron chi connectivity index (χ1n) is 7.23. The van der Waals surface area contributed by atoms with Crippen LogP contribution in [-0.4, -0.2) is 5.78 Å². The lowest BCUT2D eigenvalue weighted by molar-refractivity contribution is 0.0995. The van der Waals surface area contributed by atoms with Gasteiger partial charge in [0.15, 0.2) is 5.78 Å². The van der Waals surface area contributed by atoms with Gasteiger partial charge in [0, 0.05) is 21.9 Å². The zero-order chi connectivity index (χ0) is 14.8. The third kappa shape index (κ3) is 3.19. The molecule has 1 aromatic heterocycles. The summed E-state index contributed by atoms with van der Waals surface area (Å²) >= 11 is 7.57. The Morgan fingerprint density at radius 2 is 2.05 bits per heavy atom. The van der Waals surface area contributed by atoms with Crippen molar-refractivity contribution in [3.8, 4) is 0 Å². The Kier molecular flexibility index (Phi) is 4.41. The van der Waals surface area contributed by atoms with Crippen LogP contribution in [0.3, 0.4) is 0 Å². The molecule has 110 valence electrons. The summed E-state index contributed by atoms with van der Waals surface area (Å²) in [5.74, 6) is -0.450. The minimum atomic E-state index is -0.408. The van der Waals surface area contributed by atoms with Gasteiger partial charge in [-0.05, 0) is 49.4 Å². The molecule has 0 bridgehead atoms. The largest absolute Gasteiger partial charge is 0.293 e. The van der Waals surface area contributed by atoms with E-state index in [1.54, 1.807) is 23.5 Å². The van der Waals surface area contributed by atoms with E-state index in [0.29, 0.717) is 10.6 Å². The van der Waals surface area contributed by atoms with Gasteiger partial charge in [-0.25, -0.2) is 4.39 Å². The van der Waals surface area contributed by atoms with E-state index in [1.807, 2.05) is 6.07 Å². The van der Waals surface area contributed by atoms with Crippen LogP contribution in [-0.2, 0) is 19.3 Å². The molecule has 1 heterocycles. The van der Waals surface area contributed by atoms with Crippen LogP contribution in [0.15, 0.2) is 24.3 Å². The maximum Gasteiger partial charge on any atom is 0.177 e. The molecule has 0 N–H and O–H groups in total. The van der Waals surface area contributed by atoms with Gasteiger partial charge in [0.1, 0.15) is 5.82 Å². The molecule has 0 saturated carbocycles. The molecule has 1 nitrogen and oxygen atoms in total. The van der Waals surface area contributed by atoms with Crippen LogP contribution < -0.4 is 0 Å². The molecule has 0 spiro atoms. The number of aryl methyl sites for hydroxylation is 2. The Bertz CT molecular complexity index is 634. The minimum absolute atomic E-state index is 0.0326. The topological polar surface area (TPSA) is 17.1 Å². The van der Waals surface area contributed by atoms with Crippen LogP contribution in [0.25, 0.3) is 0 Å². The monoisotopic (exact) mass is 322 g/mol. The van der Waals surface area contributed by atoms with E-state index in [1.165, 1.54) is 35.8 Å². The minimum Gasteiger partial charge on any atom is -0.293 e. The van der Waals surface area contributed by atoms with E-state index in [-0.39, 0.29) is 12.2 Å². The number of carbonyl (C=O) groups excluding carboxylic acids is 1. The van der Waals surface area contributed by atoms with Crippen molar-refractivity contribution in [1.29, 1.82) is 0 Å². The van der Waals surface area contributed by atoms with Crippen LogP contribution in [0.4, 0.5) is 4.39 Å². The van der Waals surface area contributed by atoms with Crippen molar-refractivity contribution in [2.45, 2.75) is 38.5 Å². The van der Waals surface area contributed by atoms with E-state index in [0.717, 1.165) is 17.7 Å². The fraction of sp³-hybridized carbons (Fsp3) is 0.353. The molecule has 3 rings (SSSR count). The molecule has 1 aliphatic rings. The molecule has 0 saturated heterocycles. The Morgan fingerprint density at radius 1 is 1.24 bits per heavy atom.